The number of hydrogen-bond acceptors (Lipinski definition) is 4. The van der Waals surface area contributed by atoms with Gasteiger partial charge in [0.25, 0.3) is 0 Å². The zero-order valence-corrected chi connectivity index (χ0v) is 10.0. The van der Waals surface area contributed by atoms with Crippen LogP contribution in [0.4, 0.5) is 0 Å². The molecule has 84 valence electrons. The fourth-order valence-electron chi connectivity index (χ4n) is 0.847. The maximum absolute atomic E-state index is 11.0. The zero-order valence-electron chi connectivity index (χ0n) is 9.21. The van der Waals surface area contributed by atoms with Crippen LogP contribution in [-0.4, -0.2) is 37.7 Å². The number of hydrogen-bond donors (Lipinski definition) is 1. The second kappa shape index (κ2) is 9.63. The first-order valence-corrected chi connectivity index (χ1v) is 5.84. The van der Waals surface area contributed by atoms with E-state index in [9.17, 15) is 4.79 Å². The number of terminal acetylenes is 1. The van der Waals surface area contributed by atoms with E-state index in [1.54, 1.807) is 18.7 Å². The van der Waals surface area contributed by atoms with E-state index in [2.05, 4.69) is 16.0 Å². The standard InChI is InChI=1S/C11H17NO2S/c1-4-8-15-9-7-12-6-5-10(2)11(13)14-3/h1,5,12H,6-9H2,2-3H3. The summed E-state index contributed by atoms with van der Waals surface area (Å²) >= 11 is 1.71. The number of esters is 1. The summed E-state index contributed by atoms with van der Waals surface area (Å²) in [5, 5.41) is 3.18. The van der Waals surface area contributed by atoms with Gasteiger partial charge >= 0.3 is 5.97 Å². The molecule has 0 heterocycles. The van der Waals surface area contributed by atoms with E-state index < -0.39 is 0 Å². The Hall–Kier alpha value is -0.920. The van der Waals surface area contributed by atoms with E-state index in [-0.39, 0.29) is 5.97 Å². The SMILES string of the molecule is C#CCSCCNCC=C(C)C(=O)OC. The summed E-state index contributed by atoms with van der Waals surface area (Å²) in [5.41, 5.74) is 0.626. The Balaban J connectivity index is 3.45. The van der Waals surface area contributed by atoms with Crippen molar-refractivity contribution in [1.82, 2.24) is 5.32 Å². The minimum atomic E-state index is -0.279. The third-order valence-corrected chi connectivity index (χ3v) is 2.53. The van der Waals surface area contributed by atoms with Crippen molar-refractivity contribution in [3.63, 3.8) is 0 Å². The Labute approximate surface area is 95.6 Å². The fourth-order valence-corrected chi connectivity index (χ4v) is 1.40. The van der Waals surface area contributed by atoms with Gasteiger partial charge in [0.1, 0.15) is 0 Å². The number of rotatable bonds is 7. The summed E-state index contributed by atoms with van der Waals surface area (Å²) < 4.78 is 4.56. The molecule has 0 aromatic heterocycles. The van der Waals surface area contributed by atoms with Crippen LogP contribution in [0, 0.1) is 12.3 Å². The van der Waals surface area contributed by atoms with E-state index in [1.807, 2.05) is 6.08 Å². The molecule has 0 aromatic rings. The Morgan fingerprint density at radius 1 is 1.67 bits per heavy atom. The normalized spacial score (nSPS) is 10.9. The van der Waals surface area contributed by atoms with Crippen LogP contribution in [0.3, 0.4) is 0 Å². The summed E-state index contributed by atoms with van der Waals surface area (Å²) in [6.07, 6.45) is 6.92. The zero-order chi connectivity index (χ0) is 11.5. The highest BCUT2D eigenvalue weighted by Gasteiger charge is 2.00. The van der Waals surface area contributed by atoms with Crippen molar-refractivity contribution in [2.75, 3.05) is 31.7 Å². The van der Waals surface area contributed by atoms with Crippen molar-refractivity contribution in [3.05, 3.63) is 11.6 Å². The van der Waals surface area contributed by atoms with E-state index in [1.165, 1.54) is 7.11 Å². The molecule has 1 N–H and O–H groups in total. The topological polar surface area (TPSA) is 38.3 Å². The average molecular weight is 227 g/mol. The minimum absolute atomic E-state index is 0.279. The van der Waals surface area contributed by atoms with Gasteiger partial charge in [0, 0.05) is 24.4 Å². The summed E-state index contributed by atoms with van der Waals surface area (Å²) in [6.45, 7) is 3.30. The first-order valence-electron chi connectivity index (χ1n) is 4.69. The van der Waals surface area contributed by atoms with Crippen molar-refractivity contribution < 1.29 is 9.53 Å². The van der Waals surface area contributed by atoms with Crippen LogP contribution in [0.25, 0.3) is 0 Å². The molecule has 0 rings (SSSR count). The number of nitrogens with one attached hydrogen (secondary N) is 1. The van der Waals surface area contributed by atoms with Gasteiger partial charge in [-0.3, -0.25) is 0 Å². The fraction of sp³-hybridized carbons (Fsp3) is 0.545. The summed E-state index contributed by atoms with van der Waals surface area (Å²) in [4.78, 5) is 11.0. The van der Waals surface area contributed by atoms with Gasteiger partial charge in [-0.25, -0.2) is 4.79 Å². The molecular weight excluding hydrogens is 210 g/mol. The minimum Gasteiger partial charge on any atom is -0.466 e. The van der Waals surface area contributed by atoms with Gasteiger partial charge in [0.2, 0.25) is 0 Å². The van der Waals surface area contributed by atoms with E-state index in [0.29, 0.717) is 12.1 Å². The van der Waals surface area contributed by atoms with Crippen LogP contribution in [0.1, 0.15) is 6.92 Å². The van der Waals surface area contributed by atoms with Crippen LogP contribution in [0.15, 0.2) is 11.6 Å². The van der Waals surface area contributed by atoms with Gasteiger partial charge in [-0.15, -0.1) is 18.2 Å². The lowest BCUT2D eigenvalue weighted by atomic mass is 10.3. The summed E-state index contributed by atoms with van der Waals surface area (Å²) in [7, 11) is 1.38. The van der Waals surface area contributed by atoms with Crippen LogP contribution in [0.2, 0.25) is 0 Å². The number of ether oxygens (including phenoxy) is 1. The van der Waals surface area contributed by atoms with Gasteiger partial charge in [-0.2, -0.15) is 0 Å². The van der Waals surface area contributed by atoms with Crippen molar-refractivity contribution in [2.24, 2.45) is 0 Å². The second-order valence-electron chi connectivity index (χ2n) is 2.84. The molecule has 0 aromatic carbocycles. The predicted octanol–water partition coefficient (Wildman–Crippen LogP) is 1.06. The molecule has 3 nitrogen and oxygen atoms in total. The number of carbonyl (C=O) groups excluding carboxylic acids is 1. The molecule has 0 amide bonds. The largest absolute Gasteiger partial charge is 0.466 e. The van der Waals surface area contributed by atoms with Gasteiger partial charge in [0.05, 0.1) is 12.9 Å². The highest BCUT2D eigenvalue weighted by Crippen LogP contribution is 1.96. The first kappa shape index (κ1) is 14.1. The van der Waals surface area contributed by atoms with Crippen LogP contribution in [0.5, 0.6) is 0 Å². The Morgan fingerprint density at radius 2 is 2.40 bits per heavy atom. The second-order valence-corrected chi connectivity index (χ2v) is 3.94. The molecule has 0 fully saturated rings. The average Bonchev–Trinajstić information content (AvgIpc) is 2.26. The lowest BCUT2D eigenvalue weighted by molar-refractivity contribution is -0.136. The third-order valence-electron chi connectivity index (χ3n) is 1.67. The quantitative estimate of drug-likeness (QED) is 0.305. The lowest BCUT2D eigenvalue weighted by Crippen LogP contribution is -2.18. The molecular formula is C11H17NO2S. The van der Waals surface area contributed by atoms with Crippen molar-refractivity contribution in [2.45, 2.75) is 6.92 Å². The van der Waals surface area contributed by atoms with Crippen molar-refractivity contribution >= 4 is 17.7 Å². The molecule has 0 atom stereocenters. The smallest absolute Gasteiger partial charge is 0.333 e. The molecule has 0 unspecified atom stereocenters. The van der Waals surface area contributed by atoms with Gasteiger partial charge in [-0.05, 0) is 6.92 Å². The Bertz CT molecular complexity index is 256. The molecule has 0 spiro atoms. The molecule has 0 aliphatic carbocycles. The molecule has 0 aliphatic heterocycles. The molecule has 4 heteroatoms. The van der Waals surface area contributed by atoms with Crippen molar-refractivity contribution in [1.29, 1.82) is 0 Å². The first-order chi connectivity index (χ1) is 7.22. The highest BCUT2D eigenvalue weighted by atomic mass is 32.2. The predicted molar refractivity (Wildman–Crippen MR) is 64.8 cm³/mol. The van der Waals surface area contributed by atoms with E-state index in [0.717, 1.165) is 18.1 Å². The Morgan fingerprint density at radius 3 is 3.00 bits per heavy atom. The van der Waals surface area contributed by atoms with Crippen LogP contribution in [-0.2, 0) is 9.53 Å². The maximum atomic E-state index is 11.0. The van der Waals surface area contributed by atoms with Crippen LogP contribution < -0.4 is 5.32 Å². The van der Waals surface area contributed by atoms with Gasteiger partial charge in [0.15, 0.2) is 0 Å². The highest BCUT2D eigenvalue weighted by molar-refractivity contribution is 7.99. The van der Waals surface area contributed by atoms with Gasteiger partial charge < -0.3 is 10.1 Å². The molecule has 0 saturated heterocycles. The summed E-state index contributed by atoms with van der Waals surface area (Å²) in [6, 6.07) is 0. The molecule has 0 aliphatic rings. The summed E-state index contributed by atoms with van der Waals surface area (Å²) in [5.74, 6) is 4.01. The van der Waals surface area contributed by atoms with Gasteiger partial charge in [-0.1, -0.05) is 12.0 Å². The number of carbonyl (C=O) groups is 1. The molecule has 0 saturated carbocycles. The lowest BCUT2D eigenvalue weighted by Gasteiger charge is -2.01. The number of methoxy groups -OCH3 is 1. The Kier molecular flexibility index (Phi) is 9.04. The van der Waals surface area contributed by atoms with E-state index in [4.69, 9.17) is 6.42 Å². The molecule has 15 heavy (non-hydrogen) atoms. The van der Waals surface area contributed by atoms with Crippen molar-refractivity contribution in [3.8, 4) is 12.3 Å². The van der Waals surface area contributed by atoms with E-state index >= 15 is 0 Å². The maximum Gasteiger partial charge on any atom is 0.333 e. The molecule has 0 radical (unpaired) electrons. The van der Waals surface area contributed by atoms with Crippen LogP contribution >= 0.6 is 11.8 Å². The third kappa shape index (κ3) is 8.10. The monoisotopic (exact) mass is 227 g/mol. The molecule has 0 bridgehead atoms. The number of thioether (sulfide) groups is 1.